The van der Waals surface area contributed by atoms with E-state index in [1.807, 2.05) is 42.5 Å². The predicted molar refractivity (Wildman–Crippen MR) is 208 cm³/mol. The highest BCUT2D eigenvalue weighted by molar-refractivity contribution is 7.91. The Morgan fingerprint density at radius 1 is 0.946 bits per heavy atom. The fourth-order valence-corrected chi connectivity index (χ4v) is 8.83. The number of aromatic nitrogens is 1. The van der Waals surface area contributed by atoms with Crippen molar-refractivity contribution in [1.82, 2.24) is 25.2 Å². The number of alkyl carbamates (subject to hydrolysis) is 1. The fourth-order valence-electron chi connectivity index (χ4n) is 7.47. The molecule has 3 saturated carbocycles. The van der Waals surface area contributed by atoms with Crippen LogP contribution in [0.5, 0.6) is 11.5 Å². The summed E-state index contributed by atoms with van der Waals surface area (Å²) in [7, 11) is -2.35. The van der Waals surface area contributed by atoms with Gasteiger partial charge in [0.2, 0.25) is 21.8 Å². The highest BCUT2D eigenvalue weighted by Crippen LogP contribution is 2.48. The molecule has 6 unspecified atom stereocenters. The fraction of sp³-hybridized carbons (Fsp3) is 0.439. The van der Waals surface area contributed by atoms with Gasteiger partial charge in [0.1, 0.15) is 40.3 Å². The summed E-state index contributed by atoms with van der Waals surface area (Å²) in [5.41, 5.74) is -1.77. The first-order valence-corrected chi connectivity index (χ1v) is 20.2. The summed E-state index contributed by atoms with van der Waals surface area (Å²) in [4.78, 5) is 62.0. The van der Waals surface area contributed by atoms with Crippen molar-refractivity contribution in [3.05, 3.63) is 79.9 Å². The average Bonchev–Trinajstić information content (AvgIpc) is 4.09. The number of rotatable bonds is 13. The number of pyridine rings is 1. The molecule has 0 radical (unpaired) electrons. The number of carbonyl (C=O) groups excluding carboxylic acids is 4. The molecule has 56 heavy (non-hydrogen) atoms. The zero-order chi connectivity index (χ0) is 40.2. The number of nitrogens with one attached hydrogen (secondary N) is 3. The van der Waals surface area contributed by atoms with Crippen molar-refractivity contribution in [2.75, 3.05) is 13.7 Å². The van der Waals surface area contributed by atoms with Crippen LogP contribution >= 0.6 is 0 Å². The van der Waals surface area contributed by atoms with Crippen LogP contribution in [0, 0.1) is 11.8 Å². The lowest BCUT2D eigenvalue weighted by molar-refractivity contribution is -0.142. The second kappa shape index (κ2) is 14.3. The van der Waals surface area contributed by atoms with Gasteiger partial charge < -0.3 is 29.7 Å². The summed E-state index contributed by atoms with van der Waals surface area (Å²) < 4.78 is 45.4. The third kappa shape index (κ3) is 7.56. The number of hydrogen-bond acceptors (Lipinski definition) is 10. The molecule has 4 fully saturated rings. The van der Waals surface area contributed by atoms with E-state index in [4.69, 9.17) is 19.2 Å². The van der Waals surface area contributed by atoms with Crippen LogP contribution in [0.1, 0.15) is 52.9 Å². The Kier molecular flexibility index (Phi) is 9.88. The van der Waals surface area contributed by atoms with Gasteiger partial charge in [0, 0.05) is 41.3 Å². The molecule has 1 aromatic heterocycles. The van der Waals surface area contributed by atoms with Gasteiger partial charge in [-0.25, -0.2) is 18.2 Å². The molecule has 6 atom stereocenters. The van der Waals surface area contributed by atoms with Crippen LogP contribution in [-0.4, -0.2) is 89.8 Å². The number of nitrogens with zero attached hydrogens (tertiary/aromatic N) is 2. The molecule has 0 bridgehead atoms. The maximum atomic E-state index is 14.7. The van der Waals surface area contributed by atoms with Crippen LogP contribution < -0.4 is 24.8 Å². The number of carbonyl (C=O) groups is 4. The van der Waals surface area contributed by atoms with E-state index in [0.29, 0.717) is 40.9 Å². The molecule has 296 valence electrons. The molecule has 4 aliphatic rings. The summed E-state index contributed by atoms with van der Waals surface area (Å²) in [6, 6.07) is 15.6. The summed E-state index contributed by atoms with van der Waals surface area (Å²) in [6.07, 6.45) is 2.81. The van der Waals surface area contributed by atoms with E-state index >= 15 is 0 Å². The minimum Gasteiger partial charge on any atom is -0.497 e. The molecule has 4 amide bonds. The molecule has 3 aliphatic carbocycles. The lowest BCUT2D eigenvalue weighted by Gasteiger charge is -2.31. The van der Waals surface area contributed by atoms with Gasteiger partial charge >= 0.3 is 6.09 Å². The highest BCUT2D eigenvalue weighted by atomic mass is 32.2. The van der Waals surface area contributed by atoms with E-state index in [1.165, 1.54) is 11.0 Å². The van der Waals surface area contributed by atoms with Crippen LogP contribution in [0.25, 0.3) is 22.2 Å². The zero-order valence-electron chi connectivity index (χ0n) is 31.9. The maximum absolute atomic E-state index is 14.7. The Balaban J connectivity index is 1.22. The first-order chi connectivity index (χ1) is 26.5. The lowest BCUT2D eigenvalue weighted by Crippen LogP contribution is -2.59. The molecule has 1 aliphatic heterocycles. The number of fused-ring (bicyclic) bond motifs is 1. The van der Waals surface area contributed by atoms with Gasteiger partial charge in [-0.1, -0.05) is 42.5 Å². The minimum atomic E-state index is -3.92. The Morgan fingerprint density at radius 3 is 2.23 bits per heavy atom. The monoisotopic (exact) mass is 785 g/mol. The van der Waals surface area contributed by atoms with Crippen molar-refractivity contribution < 1.29 is 41.8 Å². The van der Waals surface area contributed by atoms with Crippen molar-refractivity contribution in [2.24, 2.45) is 11.8 Å². The third-order valence-corrected chi connectivity index (χ3v) is 12.6. The largest absolute Gasteiger partial charge is 0.497 e. The zero-order valence-corrected chi connectivity index (χ0v) is 32.7. The molecule has 3 N–H and O–H groups in total. The topological polar surface area (TPSA) is 182 Å². The van der Waals surface area contributed by atoms with Crippen LogP contribution in [0.3, 0.4) is 0 Å². The Hall–Kier alpha value is -5.44. The van der Waals surface area contributed by atoms with Gasteiger partial charge in [-0.15, -0.1) is 13.2 Å². The first-order valence-electron chi connectivity index (χ1n) is 18.7. The maximum Gasteiger partial charge on any atom is 0.408 e. The number of likely N-dealkylation sites (tertiary alicyclic amines) is 1. The minimum absolute atomic E-state index is 0.0102. The van der Waals surface area contributed by atoms with Crippen LogP contribution in [0.2, 0.25) is 0 Å². The predicted octanol–water partition coefficient (Wildman–Crippen LogP) is 4.40. The van der Waals surface area contributed by atoms with Crippen molar-refractivity contribution in [1.29, 1.82) is 0 Å². The standard InChI is InChI=1S/C41H47N5O9S/c1-7-25-21-40(25,36(48)45-56(51,52)29-15-16-29)43-35(47)33-19-28(23-46(33)37(49)41(22-26(41)8-2)44-38(50)55-39(3,4)5)54-34-20-31(24-12-10-9-11-13-24)42-32-18-27(53-6)14-17-30(32)34/h7-14,17-18,20,25-26,28-29,33H,1-2,15-16,19,21-23H2,3-6H3,(H,43,47)(H,44,50)(H,45,48). The van der Waals surface area contributed by atoms with E-state index in [1.54, 1.807) is 46.1 Å². The summed E-state index contributed by atoms with van der Waals surface area (Å²) in [6.45, 7) is 12.7. The summed E-state index contributed by atoms with van der Waals surface area (Å²) in [5.74, 6) is -2.00. The number of benzene rings is 2. The van der Waals surface area contributed by atoms with Crippen molar-refractivity contribution in [2.45, 2.75) is 86.9 Å². The van der Waals surface area contributed by atoms with Crippen molar-refractivity contribution >= 4 is 44.7 Å². The molecular weight excluding hydrogens is 739 g/mol. The lowest BCUT2D eigenvalue weighted by atomic mass is 10.1. The Bertz CT molecular complexity index is 2220. The van der Waals surface area contributed by atoms with E-state index in [2.05, 4.69) is 28.5 Å². The quantitative estimate of drug-likeness (QED) is 0.210. The number of amides is 4. The van der Waals surface area contributed by atoms with Crippen LogP contribution in [0.15, 0.2) is 79.9 Å². The van der Waals surface area contributed by atoms with Gasteiger partial charge in [0.25, 0.3) is 5.91 Å². The smallest absolute Gasteiger partial charge is 0.408 e. The van der Waals surface area contributed by atoms with Gasteiger partial charge in [-0.05, 0) is 58.6 Å². The van der Waals surface area contributed by atoms with Gasteiger partial charge in [0.05, 0.1) is 30.1 Å². The van der Waals surface area contributed by atoms with E-state index in [9.17, 15) is 27.6 Å². The summed E-state index contributed by atoms with van der Waals surface area (Å²) >= 11 is 0. The second-order valence-electron chi connectivity index (χ2n) is 16.0. The normalized spacial score (nSPS) is 26.8. The third-order valence-electron chi connectivity index (χ3n) is 10.8. The average molecular weight is 786 g/mol. The summed E-state index contributed by atoms with van der Waals surface area (Å²) in [5, 5.41) is 5.59. The number of hydrogen-bond donors (Lipinski definition) is 3. The molecule has 0 spiro atoms. The van der Waals surface area contributed by atoms with Gasteiger partial charge in [-0.2, -0.15) is 0 Å². The molecule has 2 aromatic carbocycles. The number of methoxy groups -OCH3 is 1. The molecular formula is C41H47N5O9S. The molecule has 1 saturated heterocycles. The molecule has 2 heterocycles. The molecule has 15 heteroatoms. The van der Waals surface area contributed by atoms with E-state index in [-0.39, 0.29) is 25.8 Å². The Morgan fingerprint density at radius 2 is 1.62 bits per heavy atom. The van der Waals surface area contributed by atoms with E-state index < -0.39 is 79.7 Å². The van der Waals surface area contributed by atoms with Gasteiger partial charge in [0.15, 0.2) is 0 Å². The van der Waals surface area contributed by atoms with Crippen LogP contribution in [0.4, 0.5) is 4.79 Å². The van der Waals surface area contributed by atoms with Gasteiger partial charge in [-0.3, -0.25) is 19.1 Å². The molecule has 3 aromatic rings. The van der Waals surface area contributed by atoms with Crippen LogP contribution in [-0.2, 0) is 29.1 Å². The first kappa shape index (κ1) is 38.8. The number of sulfonamides is 1. The molecule has 14 nitrogen and oxygen atoms in total. The van der Waals surface area contributed by atoms with E-state index in [0.717, 1.165) is 5.56 Å². The SMILES string of the molecule is C=CC1CC1(NC(=O)C1CC(Oc2cc(-c3ccccc3)nc3cc(OC)ccc23)CN1C(=O)C1(NC(=O)OC(C)(C)C)CC1C=C)C(=O)NS(=O)(=O)C1CC1. The molecule has 7 rings (SSSR count). The second-order valence-corrected chi connectivity index (χ2v) is 18.0. The van der Waals surface area contributed by atoms with Crippen molar-refractivity contribution in [3.8, 4) is 22.8 Å². The number of ether oxygens (including phenoxy) is 3. The van der Waals surface area contributed by atoms with Crippen molar-refractivity contribution in [3.63, 3.8) is 0 Å². The highest BCUT2D eigenvalue weighted by Gasteiger charge is 2.65. The Labute approximate surface area is 326 Å².